The highest BCUT2D eigenvalue weighted by Gasteiger charge is 2.35. The van der Waals surface area contributed by atoms with Crippen molar-refractivity contribution in [3.8, 4) is 5.75 Å². The van der Waals surface area contributed by atoms with E-state index in [1.807, 2.05) is 0 Å². The predicted octanol–water partition coefficient (Wildman–Crippen LogP) is 4.71. The minimum Gasteiger partial charge on any atom is -0.492 e. The maximum absolute atomic E-state index is 13.3. The molecule has 2 aliphatic rings. The number of carbonyl (C=O) groups is 1. The fourth-order valence-corrected chi connectivity index (χ4v) is 3.23. The van der Waals surface area contributed by atoms with Gasteiger partial charge in [0.2, 0.25) is 0 Å². The Kier molecular flexibility index (Phi) is 7.55. The Morgan fingerprint density at radius 3 is 2.60 bits per heavy atom. The van der Waals surface area contributed by atoms with Crippen molar-refractivity contribution >= 4 is 5.78 Å². The number of allylic oxidation sites excluding steroid dienone is 1. The second-order valence-electron chi connectivity index (χ2n) is 7.15. The van der Waals surface area contributed by atoms with Gasteiger partial charge in [0.15, 0.2) is 5.78 Å². The van der Waals surface area contributed by atoms with E-state index in [9.17, 15) is 18.0 Å². The molecule has 164 valence electrons. The summed E-state index contributed by atoms with van der Waals surface area (Å²) >= 11 is 0. The van der Waals surface area contributed by atoms with Gasteiger partial charge in [-0.05, 0) is 50.1 Å². The van der Waals surface area contributed by atoms with Crippen LogP contribution in [0.25, 0.3) is 0 Å². The first-order chi connectivity index (χ1) is 14.3. The van der Waals surface area contributed by atoms with Gasteiger partial charge in [0.05, 0.1) is 18.3 Å². The molecule has 1 aromatic rings. The zero-order chi connectivity index (χ0) is 21.6. The van der Waals surface area contributed by atoms with Crippen LogP contribution in [-0.2, 0) is 20.4 Å². The van der Waals surface area contributed by atoms with Gasteiger partial charge >= 0.3 is 6.18 Å². The number of rotatable bonds is 8. The van der Waals surface area contributed by atoms with Crippen LogP contribution >= 0.6 is 0 Å². The molecule has 0 N–H and O–H groups in total. The van der Waals surface area contributed by atoms with Crippen LogP contribution in [0.4, 0.5) is 13.2 Å². The highest BCUT2D eigenvalue weighted by Crippen LogP contribution is 2.37. The quantitative estimate of drug-likeness (QED) is 0.445. The van der Waals surface area contributed by atoms with Crippen molar-refractivity contribution in [1.29, 1.82) is 0 Å². The molecule has 1 saturated heterocycles. The van der Waals surface area contributed by atoms with Gasteiger partial charge in [-0.25, -0.2) is 0 Å². The van der Waals surface area contributed by atoms with E-state index >= 15 is 0 Å². The highest BCUT2D eigenvalue weighted by molar-refractivity contribution is 5.94. The van der Waals surface area contributed by atoms with Crippen LogP contribution in [0, 0.1) is 0 Å². The number of alkyl halides is 3. The lowest BCUT2D eigenvalue weighted by Gasteiger charge is -2.23. The van der Waals surface area contributed by atoms with E-state index in [4.69, 9.17) is 18.9 Å². The Morgan fingerprint density at radius 2 is 1.97 bits per heavy atom. The van der Waals surface area contributed by atoms with Gasteiger partial charge < -0.3 is 18.9 Å². The molecule has 5 nitrogen and oxygen atoms in total. The molecule has 3 rings (SSSR count). The Morgan fingerprint density at radius 1 is 1.20 bits per heavy atom. The topological polar surface area (TPSA) is 54.0 Å². The molecule has 0 bridgehead atoms. The molecular weight excluding hydrogens is 401 g/mol. The van der Waals surface area contributed by atoms with E-state index in [-0.39, 0.29) is 23.2 Å². The SMILES string of the molecule is CC(=O)c1ccc(C(F)(F)F)c(OC2C=CC(OCCOC3CCOCC3)=CC2)c1. The van der Waals surface area contributed by atoms with Gasteiger partial charge in [-0.1, -0.05) is 6.07 Å². The molecule has 1 heterocycles. The number of halogens is 3. The number of benzene rings is 1. The molecule has 1 aromatic carbocycles. The molecule has 0 aromatic heterocycles. The molecule has 30 heavy (non-hydrogen) atoms. The summed E-state index contributed by atoms with van der Waals surface area (Å²) in [6.45, 7) is 3.57. The summed E-state index contributed by atoms with van der Waals surface area (Å²) in [6, 6.07) is 3.17. The number of ether oxygens (including phenoxy) is 4. The predicted molar refractivity (Wildman–Crippen MR) is 103 cm³/mol. The lowest BCUT2D eigenvalue weighted by molar-refractivity contribution is -0.139. The normalized spacial score (nSPS) is 20.0. The number of hydrogen-bond acceptors (Lipinski definition) is 5. The number of carbonyl (C=O) groups excluding carboxylic acids is 1. The number of ketones is 1. The van der Waals surface area contributed by atoms with Gasteiger partial charge in [-0.15, -0.1) is 0 Å². The Hall–Kier alpha value is -2.32. The Balaban J connectivity index is 1.51. The number of hydrogen-bond donors (Lipinski definition) is 0. The zero-order valence-corrected chi connectivity index (χ0v) is 16.7. The zero-order valence-electron chi connectivity index (χ0n) is 16.7. The first-order valence-electron chi connectivity index (χ1n) is 9.92. The van der Waals surface area contributed by atoms with Crippen molar-refractivity contribution in [3.63, 3.8) is 0 Å². The average molecular weight is 426 g/mol. The molecule has 1 aliphatic carbocycles. The van der Waals surface area contributed by atoms with Crippen molar-refractivity contribution in [1.82, 2.24) is 0 Å². The molecule has 0 spiro atoms. The first kappa shape index (κ1) is 22.4. The van der Waals surface area contributed by atoms with Gasteiger partial charge in [-0.3, -0.25) is 4.79 Å². The highest BCUT2D eigenvalue weighted by atomic mass is 19.4. The smallest absolute Gasteiger partial charge is 0.419 e. The molecule has 0 radical (unpaired) electrons. The summed E-state index contributed by atoms with van der Waals surface area (Å²) < 4.78 is 62.0. The molecule has 1 unspecified atom stereocenters. The Bertz CT molecular complexity index is 794. The van der Waals surface area contributed by atoms with Gasteiger partial charge in [0.25, 0.3) is 0 Å². The third-order valence-corrected chi connectivity index (χ3v) is 4.87. The molecule has 1 atom stereocenters. The van der Waals surface area contributed by atoms with Crippen molar-refractivity contribution in [2.24, 2.45) is 0 Å². The monoisotopic (exact) mass is 426 g/mol. The van der Waals surface area contributed by atoms with Crippen molar-refractivity contribution in [3.05, 3.63) is 53.3 Å². The maximum atomic E-state index is 13.3. The molecular formula is C22H25F3O5. The Labute approximate surface area is 173 Å². The minimum absolute atomic E-state index is 0.168. The van der Waals surface area contributed by atoms with Crippen molar-refractivity contribution < 1.29 is 36.9 Å². The average Bonchev–Trinajstić information content (AvgIpc) is 2.72. The van der Waals surface area contributed by atoms with E-state index in [0.29, 0.717) is 38.6 Å². The fraction of sp³-hybridized carbons (Fsp3) is 0.500. The molecule has 0 saturated carbocycles. The van der Waals surface area contributed by atoms with Crippen molar-refractivity contribution in [2.45, 2.75) is 44.6 Å². The van der Waals surface area contributed by atoms with Gasteiger partial charge in [0, 0.05) is 25.2 Å². The van der Waals surface area contributed by atoms with E-state index < -0.39 is 17.8 Å². The summed E-state index contributed by atoms with van der Waals surface area (Å²) in [5.74, 6) is -0.0576. The second kappa shape index (κ2) is 10.1. The molecule has 1 aliphatic heterocycles. The summed E-state index contributed by atoms with van der Waals surface area (Å²) in [5.41, 5.74) is -0.737. The molecule has 8 heteroatoms. The van der Waals surface area contributed by atoms with Crippen molar-refractivity contribution in [2.75, 3.05) is 26.4 Å². The third kappa shape index (κ3) is 6.34. The third-order valence-electron chi connectivity index (χ3n) is 4.87. The molecule has 0 amide bonds. The van der Waals surface area contributed by atoms with Crippen LogP contribution in [0.5, 0.6) is 5.75 Å². The number of Topliss-reactive ketones (excluding diaryl/α,β-unsaturated/α-hetero) is 1. The van der Waals surface area contributed by atoms with Crippen LogP contribution in [0.3, 0.4) is 0 Å². The van der Waals surface area contributed by atoms with Crippen LogP contribution in [0.1, 0.15) is 42.1 Å². The van der Waals surface area contributed by atoms with Gasteiger partial charge in [-0.2, -0.15) is 13.2 Å². The summed E-state index contributed by atoms with van der Waals surface area (Å²) in [5, 5.41) is 0. The summed E-state index contributed by atoms with van der Waals surface area (Å²) in [6.07, 6.45) is 2.25. The van der Waals surface area contributed by atoms with Gasteiger partial charge in [0.1, 0.15) is 24.2 Å². The minimum atomic E-state index is -4.57. The lowest BCUT2D eigenvalue weighted by atomic mass is 10.1. The standard InChI is InChI=1S/C22H25F3O5/c1-15(26)16-2-7-20(22(23,24)25)21(14-16)30-19-5-3-17(4-6-19)28-12-13-29-18-8-10-27-11-9-18/h2-5,7,14,18-19H,6,8-13H2,1H3. The fourth-order valence-electron chi connectivity index (χ4n) is 3.23. The second-order valence-corrected chi connectivity index (χ2v) is 7.15. The van der Waals surface area contributed by atoms with Crippen LogP contribution in [0.15, 0.2) is 42.2 Å². The lowest BCUT2D eigenvalue weighted by Crippen LogP contribution is -2.24. The van der Waals surface area contributed by atoms with Crippen LogP contribution in [0.2, 0.25) is 0 Å². The summed E-state index contributed by atoms with van der Waals surface area (Å²) in [7, 11) is 0. The van der Waals surface area contributed by atoms with E-state index in [0.717, 1.165) is 31.0 Å². The van der Waals surface area contributed by atoms with Crippen LogP contribution in [-0.4, -0.2) is 44.4 Å². The first-order valence-corrected chi connectivity index (χ1v) is 9.92. The maximum Gasteiger partial charge on any atom is 0.419 e. The van der Waals surface area contributed by atoms with Crippen LogP contribution < -0.4 is 4.74 Å². The molecule has 1 fully saturated rings. The van der Waals surface area contributed by atoms with E-state index in [1.54, 1.807) is 18.2 Å². The largest absolute Gasteiger partial charge is 0.492 e. The van der Waals surface area contributed by atoms with E-state index in [1.165, 1.54) is 6.92 Å². The summed E-state index contributed by atoms with van der Waals surface area (Å²) in [4.78, 5) is 11.5. The van der Waals surface area contributed by atoms with E-state index in [2.05, 4.69) is 0 Å².